The van der Waals surface area contributed by atoms with Crippen LogP contribution in [0.25, 0.3) is 0 Å². The maximum Gasteiger partial charge on any atom is 0.123 e. The van der Waals surface area contributed by atoms with Gasteiger partial charge < -0.3 is 10.1 Å². The van der Waals surface area contributed by atoms with E-state index in [0.717, 1.165) is 37.1 Å². The second-order valence-corrected chi connectivity index (χ2v) is 5.30. The molecule has 1 N–H and O–H groups in total. The molecule has 0 aliphatic carbocycles. The fourth-order valence-corrected chi connectivity index (χ4v) is 2.34. The number of hydrogen-bond donors (Lipinski definition) is 1. The second-order valence-electron chi connectivity index (χ2n) is 5.30. The predicted octanol–water partition coefficient (Wildman–Crippen LogP) is 3.30. The summed E-state index contributed by atoms with van der Waals surface area (Å²) < 4.78 is 18.9. The Bertz CT molecular complexity index is 392. The van der Waals surface area contributed by atoms with Gasteiger partial charge in [-0.15, -0.1) is 0 Å². The molecule has 1 aromatic carbocycles. The van der Waals surface area contributed by atoms with E-state index in [9.17, 15) is 4.39 Å². The standard InChI is InChI=1S/C15H22FNO/c1-11(2)17-8-4-3-5-14-10-12-9-13(16)6-7-15(12)18-14/h6-7,9,11,14,17H,3-5,8,10H2,1-2H3. The van der Waals surface area contributed by atoms with Gasteiger partial charge in [-0.3, -0.25) is 0 Å². The lowest BCUT2D eigenvalue weighted by Crippen LogP contribution is -2.24. The van der Waals surface area contributed by atoms with E-state index in [4.69, 9.17) is 4.74 Å². The Balaban J connectivity index is 1.68. The van der Waals surface area contributed by atoms with Crippen molar-refractivity contribution in [2.24, 2.45) is 0 Å². The SMILES string of the molecule is CC(C)NCCCCC1Cc2cc(F)ccc2O1. The molecular weight excluding hydrogens is 229 g/mol. The van der Waals surface area contributed by atoms with Gasteiger partial charge in [0.2, 0.25) is 0 Å². The molecule has 1 atom stereocenters. The summed E-state index contributed by atoms with van der Waals surface area (Å²) in [5.74, 6) is 0.695. The second kappa shape index (κ2) is 6.19. The molecule has 1 aliphatic heterocycles. The van der Waals surface area contributed by atoms with Gasteiger partial charge in [0.15, 0.2) is 0 Å². The van der Waals surface area contributed by atoms with Gasteiger partial charge in [0.25, 0.3) is 0 Å². The van der Waals surface area contributed by atoms with Crippen LogP contribution >= 0.6 is 0 Å². The van der Waals surface area contributed by atoms with Crippen molar-refractivity contribution in [2.75, 3.05) is 6.54 Å². The maximum absolute atomic E-state index is 13.1. The predicted molar refractivity (Wildman–Crippen MR) is 71.5 cm³/mol. The van der Waals surface area contributed by atoms with Crippen LogP contribution in [-0.4, -0.2) is 18.7 Å². The lowest BCUT2D eigenvalue weighted by atomic mass is 10.1. The van der Waals surface area contributed by atoms with Crippen molar-refractivity contribution in [1.82, 2.24) is 5.32 Å². The van der Waals surface area contributed by atoms with Crippen LogP contribution in [0.2, 0.25) is 0 Å². The number of nitrogens with one attached hydrogen (secondary N) is 1. The van der Waals surface area contributed by atoms with Crippen LogP contribution in [0.1, 0.15) is 38.7 Å². The van der Waals surface area contributed by atoms with E-state index in [2.05, 4.69) is 19.2 Å². The first kappa shape index (κ1) is 13.3. The van der Waals surface area contributed by atoms with E-state index < -0.39 is 0 Å². The molecule has 0 spiro atoms. The number of rotatable bonds is 6. The molecule has 0 amide bonds. The number of unbranched alkanes of at least 4 members (excludes halogenated alkanes) is 1. The Hall–Kier alpha value is -1.09. The molecule has 1 unspecified atom stereocenters. The van der Waals surface area contributed by atoms with Crippen molar-refractivity contribution >= 4 is 0 Å². The van der Waals surface area contributed by atoms with Gasteiger partial charge in [0.05, 0.1) is 0 Å². The van der Waals surface area contributed by atoms with Crippen molar-refractivity contribution in [3.8, 4) is 5.75 Å². The van der Waals surface area contributed by atoms with Crippen LogP contribution in [-0.2, 0) is 6.42 Å². The number of ether oxygens (including phenoxy) is 1. The zero-order valence-corrected chi connectivity index (χ0v) is 11.2. The van der Waals surface area contributed by atoms with E-state index in [-0.39, 0.29) is 11.9 Å². The van der Waals surface area contributed by atoms with Crippen molar-refractivity contribution < 1.29 is 9.13 Å². The smallest absolute Gasteiger partial charge is 0.123 e. The Labute approximate surface area is 109 Å². The van der Waals surface area contributed by atoms with Crippen LogP contribution in [0.15, 0.2) is 18.2 Å². The summed E-state index contributed by atoms with van der Waals surface area (Å²) in [5, 5.41) is 3.41. The fourth-order valence-electron chi connectivity index (χ4n) is 2.34. The van der Waals surface area contributed by atoms with Crippen LogP contribution in [0.4, 0.5) is 4.39 Å². The van der Waals surface area contributed by atoms with E-state index in [1.807, 2.05) is 0 Å². The first-order valence-electron chi connectivity index (χ1n) is 6.83. The molecule has 1 aromatic rings. The van der Waals surface area contributed by atoms with Crippen molar-refractivity contribution in [2.45, 2.75) is 51.7 Å². The third-order valence-electron chi connectivity index (χ3n) is 3.27. The molecule has 3 heteroatoms. The molecule has 18 heavy (non-hydrogen) atoms. The molecule has 0 aromatic heterocycles. The van der Waals surface area contributed by atoms with Gasteiger partial charge >= 0.3 is 0 Å². The quantitative estimate of drug-likeness (QED) is 0.783. The molecule has 1 heterocycles. The van der Waals surface area contributed by atoms with Crippen LogP contribution in [0.5, 0.6) is 5.75 Å². The van der Waals surface area contributed by atoms with Crippen molar-refractivity contribution in [3.05, 3.63) is 29.6 Å². The molecule has 100 valence electrons. The summed E-state index contributed by atoms with van der Waals surface area (Å²) in [6.45, 7) is 5.38. The normalized spacial score (nSPS) is 17.9. The average Bonchev–Trinajstić information content (AvgIpc) is 2.70. The van der Waals surface area contributed by atoms with Crippen LogP contribution in [0, 0.1) is 5.82 Å². The van der Waals surface area contributed by atoms with Crippen LogP contribution < -0.4 is 10.1 Å². The monoisotopic (exact) mass is 251 g/mol. The molecule has 0 radical (unpaired) electrons. The molecule has 0 bridgehead atoms. The highest BCUT2D eigenvalue weighted by Crippen LogP contribution is 2.30. The maximum atomic E-state index is 13.1. The highest BCUT2D eigenvalue weighted by molar-refractivity contribution is 5.37. The Morgan fingerprint density at radius 2 is 2.22 bits per heavy atom. The third kappa shape index (κ3) is 3.70. The summed E-state index contributed by atoms with van der Waals surface area (Å²) in [7, 11) is 0. The summed E-state index contributed by atoms with van der Waals surface area (Å²) in [6, 6.07) is 5.36. The zero-order valence-electron chi connectivity index (χ0n) is 11.2. The number of halogens is 1. The molecule has 0 fully saturated rings. The van der Waals surface area contributed by atoms with Gasteiger partial charge in [-0.05, 0) is 44.0 Å². The number of benzene rings is 1. The Morgan fingerprint density at radius 3 is 3.00 bits per heavy atom. The largest absolute Gasteiger partial charge is 0.490 e. The van der Waals surface area contributed by atoms with Gasteiger partial charge in [0, 0.05) is 18.0 Å². The van der Waals surface area contributed by atoms with Gasteiger partial charge in [-0.1, -0.05) is 13.8 Å². The first-order valence-corrected chi connectivity index (χ1v) is 6.83. The highest BCUT2D eigenvalue weighted by atomic mass is 19.1. The minimum Gasteiger partial charge on any atom is -0.490 e. The Morgan fingerprint density at radius 1 is 1.39 bits per heavy atom. The van der Waals surface area contributed by atoms with Crippen molar-refractivity contribution in [1.29, 1.82) is 0 Å². The molecule has 1 aliphatic rings. The van der Waals surface area contributed by atoms with Gasteiger partial charge in [0.1, 0.15) is 17.7 Å². The van der Waals surface area contributed by atoms with Gasteiger partial charge in [-0.25, -0.2) is 4.39 Å². The van der Waals surface area contributed by atoms with E-state index in [1.165, 1.54) is 12.5 Å². The number of hydrogen-bond acceptors (Lipinski definition) is 2. The van der Waals surface area contributed by atoms with Crippen molar-refractivity contribution in [3.63, 3.8) is 0 Å². The summed E-state index contributed by atoms with van der Waals surface area (Å²) >= 11 is 0. The molecular formula is C15H22FNO. The average molecular weight is 251 g/mol. The summed E-state index contributed by atoms with van der Waals surface area (Å²) in [6.07, 6.45) is 4.46. The lowest BCUT2D eigenvalue weighted by molar-refractivity contribution is 0.216. The summed E-state index contributed by atoms with van der Waals surface area (Å²) in [4.78, 5) is 0. The molecule has 2 nitrogen and oxygen atoms in total. The van der Waals surface area contributed by atoms with Crippen LogP contribution in [0.3, 0.4) is 0 Å². The minimum absolute atomic E-state index is 0.167. The topological polar surface area (TPSA) is 21.3 Å². The molecule has 2 rings (SSSR count). The molecule has 0 saturated heterocycles. The van der Waals surface area contributed by atoms with E-state index >= 15 is 0 Å². The summed E-state index contributed by atoms with van der Waals surface area (Å²) in [5.41, 5.74) is 1.01. The van der Waals surface area contributed by atoms with E-state index in [0.29, 0.717) is 6.04 Å². The first-order chi connectivity index (χ1) is 8.65. The van der Waals surface area contributed by atoms with E-state index in [1.54, 1.807) is 12.1 Å². The van der Waals surface area contributed by atoms with Gasteiger partial charge in [-0.2, -0.15) is 0 Å². The number of fused-ring (bicyclic) bond motifs is 1. The third-order valence-corrected chi connectivity index (χ3v) is 3.27. The fraction of sp³-hybridized carbons (Fsp3) is 0.600. The zero-order chi connectivity index (χ0) is 13.0. The Kier molecular flexibility index (Phi) is 4.59. The lowest BCUT2D eigenvalue weighted by Gasteiger charge is -2.11. The minimum atomic E-state index is -0.167. The highest BCUT2D eigenvalue weighted by Gasteiger charge is 2.22. The molecule has 0 saturated carbocycles.